The number of thiophene rings is 1. The summed E-state index contributed by atoms with van der Waals surface area (Å²) in [5.41, 5.74) is 1.37. The van der Waals surface area contributed by atoms with Gasteiger partial charge in [-0.05, 0) is 58.8 Å². The number of hydrogen-bond donors (Lipinski definition) is 2. The first-order chi connectivity index (χ1) is 11.1. The molecule has 0 aliphatic rings. The molecule has 2 aromatic heterocycles. The number of halogens is 1. The standard InChI is InChI=1S/C16H14BrN3OS2/c17-14-7-6-12(23-14)8-9-18-15(21)13-10-19-16(22)20(13)11-4-2-1-3-5-11/h1-7,10H,8-9H2,(H,18,21)(H,19,22). The molecule has 7 heteroatoms. The molecule has 2 heterocycles. The molecule has 23 heavy (non-hydrogen) atoms. The summed E-state index contributed by atoms with van der Waals surface area (Å²) in [6, 6.07) is 13.7. The molecule has 1 aromatic carbocycles. The van der Waals surface area contributed by atoms with Crippen molar-refractivity contribution in [3.8, 4) is 5.69 Å². The van der Waals surface area contributed by atoms with Gasteiger partial charge in [0.25, 0.3) is 5.91 Å². The molecule has 2 N–H and O–H groups in total. The third-order valence-electron chi connectivity index (χ3n) is 3.31. The van der Waals surface area contributed by atoms with Gasteiger partial charge in [0.2, 0.25) is 0 Å². The first kappa shape index (κ1) is 16.2. The van der Waals surface area contributed by atoms with E-state index in [1.165, 1.54) is 4.88 Å². The van der Waals surface area contributed by atoms with Gasteiger partial charge in [-0.25, -0.2) is 0 Å². The van der Waals surface area contributed by atoms with Crippen molar-refractivity contribution in [2.75, 3.05) is 6.54 Å². The number of rotatable bonds is 5. The fourth-order valence-electron chi connectivity index (χ4n) is 2.24. The summed E-state index contributed by atoms with van der Waals surface area (Å²) in [6.45, 7) is 0.582. The van der Waals surface area contributed by atoms with Gasteiger partial charge in [0.05, 0.1) is 3.79 Å². The van der Waals surface area contributed by atoms with Gasteiger partial charge in [-0.1, -0.05) is 18.2 Å². The van der Waals surface area contributed by atoms with Crippen molar-refractivity contribution in [2.45, 2.75) is 6.42 Å². The van der Waals surface area contributed by atoms with E-state index in [1.54, 1.807) is 22.1 Å². The molecule has 1 amide bonds. The molecule has 3 aromatic rings. The van der Waals surface area contributed by atoms with Gasteiger partial charge in [0, 0.05) is 23.3 Å². The number of imidazole rings is 1. The lowest BCUT2D eigenvalue weighted by molar-refractivity contribution is 0.0947. The van der Waals surface area contributed by atoms with Crippen LogP contribution in [-0.4, -0.2) is 22.0 Å². The van der Waals surface area contributed by atoms with Crippen LogP contribution in [0.2, 0.25) is 0 Å². The maximum atomic E-state index is 12.4. The molecular formula is C16H14BrN3OS2. The van der Waals surface area contributed by atoms with E-state index in [0.717, 1.165) is 15.9 Å². The van der Waals surface area contributed by atoms with Gasteiger partial charge in [-0.3, -0.25) is 9.36 Å². The van der Waals surface area contributed by atoms with Crippen LogP contribution in [0, 0.1) is 4.77 Å². The monoisotopic (exact) mass is 407 g/mol. The maximum Gasteiger partial charge on any atom is 0.269 e. The molecule has 0 aliphatic heterocycles. The number of H-pyrrole nitrogens is 1. The Hall–Kier alpha value is -1.70. The van der Waals surface area contributed by atoms with Crippen molar-refractivity contribution >= 4 is 45.4 Å². The molecule has 0 saturated heterocycles. The van der Waals surface area contributed by atoms with Crippen LogP contribution < -0.4 is 5.32 Å². The third kappa shape index (κ3) is 3.80. The lowest BCUT2D eigenvalue weighted by Gasteiger charge is -2.08. The van der Waals surface area contributed by atoms with Crippen molar-refractivity contribution < 1.29 is 4.79 Å². The second-order valence-corrected chi connectivity index (χ2v) is 7.80. The van der Waals surface area contributed by atoms with Gasteiger partial charge in [-0.2, -0.15) is 0 Å². The Morgan fingerprint density at radius 2 is 2.04 bits per heavy atom. The molecular weight excluding hydrogens is 394 g/mol. The fourth-order valence-corrected chi connectivity index (χ4v) is 3.99. The second kappa shape index (κ2) is 7.25. The van der Waals surface area contributed by atoms with Crippen molar-refractivity contribution in [1.29, 1.82) is 0 Å². The van der Waals surface area contributed by atoms with E-state index in [9.17, 15) is 4.79 Å². The Bertz CT molecular complexity index is 867. The minimum atomic E-state index is -0.142. The molecule has 0 saturated carbocycles. The number of nitrogens with one attached hydrogen (secondary N) is 2. The van der Waals surface area contributed by atoms with Crippen molar-refractivity contribution in [3.63, 3.8) is 0 Å². The van der Waals surface area contributed by atoms with E-state index >= 15 is 0 Å². The zero-order valence-corrected chi connectivity index (χ0v) is 15.3. The van der Waals surface area contributed by atoms with Crippen LogP contribution in [0.15, 0.2) is 52.4 Å². The number of nitrogens with zero attached hydrogens (tertiary/aromatic N) is 1. The highest BCUT2D eigenvalue weighted by atomic mass is 79.9. The number of amides is 1. The summed E-state index contributed by atoms with van der Waals surface area (Å²) in [4.78, 5) is 16.6. The molecule has 0 spiro atoms. The van der Waals surface area contributed by atoms with Crippen molar-refractivity contribution in [1.82, 2.24) is 14.9 Å². The first-order valence-electron chi connectivity index (χ1n) is 7.03. The van der Waals surface area contributed by atoms with E-state index < -0.39 is 0 Å². The largest absolute Gasteiger partial charge is 0.350 e. The van der Waals surface area contributed by atoms with E-state index in [-0.39, 0.29) is 5.91 Å². The topological polar surface area (TPSA) is 49.8 Å². The highest BCUT2D eigenvalue weighted by molar-refractivity contribution is 9.11. The normalized spacial score (nSPS) is 10.7. The Labute approximate surface area is 151 Å². The summed E-state index contributed by atoms with van der Waals surface area (Å²) in [5, 5.41) is 2.95. The quantitative estimate of drug-likeness (QED) is 0.618. The van der Waals surface area contributed by atoms with Gasteiger partial charge in [0.1, 0.15) is 5.69 Å². The van der Waals surface area contributed by atoms with Crippen LogP contribution >= 0.6 is 39.5 Å². The Kier molecular flexibility index (Phi) is 5.09. The Balaban J connectivity index is 1.72. The smallest absolute Gasteiger partial charge is 0.269 e. The number of benzene rings is 1. The van der Waals surface area contributed by atoms with Gasteiger partial charge >= 0.3 is 0 Å². The number of aromatic amines is 1. The van der Waals surface area contributed by atoms with Crippen LogP contribution in [0.25, 0.3) is 5.69 Å². The van der Waals surface area contributed by atoms with Crippen LogP contribution in [-0.2, 0) is 6.42 Å². The van der Waals surface area contributed by atoms with E-state index in [4.69, 9.17) is 12.2 Å². The minimum absolute atomic E-state index is 0.142. The van der Waals surface area contributed by atoms with Gasteiger partial charge < -0.3 is 10.3 Å². The van der Waals surface area contributed by atoms with Gasteiger partial charge in [-0.15, -0.1) is 11.3 Å². The van der Waals surface area contributed by atoms with E-state index in [0.29, 0.717) is 17.0 Å². The SMILES string of the molecule is O=C(NCCc1ccc(Br)s1)c1c[nH]c(=S)n1-c1ccccc1. The average Bonchev–Trinajstić information content (AvgIpc) is 3.14. The van der Waals surface area contributed by atoms with Crippen LogP contribution in [0.5, 0.6) is 0 Å². The molecule has 3 rings (SSSR count). The lowest BCUT2D eigenvalue weighted by atomic mass is 10.3. The summed E-state index contributed by atoms with van der Waals surface area (Å²) in [6.07, 6.45) is 2.45. The van der Waals surface area contributed by atoms with Crippen LogP contribution in [0.1, 0.15) is 15.4 Å². The minimum Gasteiger partial charge on any atom is -0.350 e. The maximum absolute atomic E-state index is 12.4. The predicted molar refractivity (Wildman–Crippen MR) is 99.0 cm³/mol. The van der Waals surface area contributed by atoms with Crippen LogP contribution in [0.4, 0.5) is 0 Å². The summed E-state index contributed by atoms with van der Waals surface area (Å²) >= 11 is 10.4. The molecule has 0 unspecified atom stereocenters. The van der Waals surface area contributed by atoms with Gasteiger partial charge in [0.15, 0.2) is 4.77 Å². The first-order valence-corrected chi connectivity index (χ1v) is 9.05. The number of carbonyl (C=O) groups is 1. The van der Waals surface area contributed by atoms with Crippen molar-refractivity contribution in [2.24, 2.45) is 0 Å². The summed E-state index contributed by atoms with van der Waals surface area (Å²) in [5.74, 6) is -0.142. The van der Waals surface area contributed by atoms with E-state index in [2.05, 4.69) is 32.3 Å². The molecule has 0 atom stereocenters. The highest BCUT2D eigenvalue weighted by Crippen LogP contribution is 2.22. The number of hydrogen-bond acceptors (Lipinski definition) is 3. The second-order valence-electron chi connectivity index (χ2n) is 4.86. The van der Waals surface area contributed by atoms with Crippen molar-refractivity contribution in [3.05, 3.63) is 67.8 Å². The molecule has 118 valence electrons. The molecule has 0 bridgehead atoms. The zero-order valence-electron chi connectivity index (χ0n) is 12.1. The average molecular weight is 408 g/mol. The lowest BCUT2D eigenvalue weighted by Crippen LogP contribution is -2.27. The Morgan fingerprint density at radius 1 is 1.26 bits per heavy atom. The molecule has 4 nitrogen and oxygen atoms in total. The number of para-hydroxylation sites is 1. The van der Waals surface area contributed by atoms with Crippen LogP contribution in [0.3, 0.4) is 0 Å². The number of carbonyl (C=O) groups excluding carboxylic acids is 1. The molecule has 0 aliphatic carbocycles. The highest BCUT2D eigenvalue weighted by Gasteiger charge is 2.13. The third-order valence-corrected chi connectivity index (χ3v) is 5.29. The molecule has 0 fully saturated rings. The summed E-state index contributed by atoms with van der Waals surface area (Å²) < 4.78 is 3.34. The zero-order chi connectivity index (χ0) is 16.2. The number of aromatic nitrogens is 2. The Morgan fingerprint density at radius 3 is 2.74 bits per heavy atom. The fraction of sp³-hybridized carbons (Fsp3) is 0.125. The summed E-state index contributed by atoms with van der Waals surface area (Å²) in [7, 11) is 0. The van der Waals surface area contributed by atoms with E-state index in [1.807, 2.05) is 36.4 Å². The predicted octanol–water partition coefficient (Wildman–Crippen LogP) is 4.33. The molecule has 0 radical (unpaired) electrons.